The second kappa shape index (κ2) is 3.61. The lowest BCUT2D eigenvalue weighted by Crippen LogP contribution is -2.21. The average molecular weight is 206 g/mol. The summed E-state index contributed by atoms with van der Waals surface area (Å²) in [6, 6.07) is 6.20. The van der Waals surface area contributed by atoms with Gasteiger partial charge in [0.05, 0.1) is 11.6 Å². The Morgan fingerprint density at radius 3 is 2.87 bits per heavy atom. The molecule has 15 heavy (non-hydrogen) atoms. The maximum atomic E-state index is 10.9. The molecule has 0 bridgehead atoms. The van der Waals surface area contributed by atoms with E-state index in [4.69, 9.17) is 5.11 Å². The number of amides is 2. The minimum absolute atomic E-state index is 0.142. The van der Waals surface area contributed by atoms with Crippen molar-refractivity contribution in [2.45, 2.75) is 6.04 Å². The van der Waals surface area contributed by atoms with E-state index in [2.05, 4.69) is 10.6 Å². The molecule has 1 heterocycles. The van der Waals surface area contributed by atoms with Gasteiger partial charge < -0.3 is 15.7 Å². The smallest absolute Gasteiger partial charge is 0.335 e. The first kappa shape index (κ1) is 9.51. The van der Waals surface area contributed by atoms with Crippen molar-refractivity contribution < 1.29 is 14.7 Å². The summed E-state index contributed by atoms with van der Waals surface area (Å²) in [5.74, 6) is -0.964. The zero-order valence-corrected chi connectivity index (χ0v) is 7.86. The van der Waals surface area contributed by atoms with E-state index in [9.17, 15) is 9.59 Å². The number of carbonyl (C=O) groups excluding carboxylic acids is 1. The number of benzene rings is 1. The first-order valence-corrected chi connectivity index (χ1v) is 4.54. The Kier molecular flexibility index (Phi) is 2.29. The van der Waals surface area contributed by atoms with Crippen LogP contribution in [-0.2, 0) is 0 Å². The van der Waals surface area contributed by atoms with Gasteiger partial charge in [-0.05, 0) is 17.7 Å². The van der Waals surface area contributed by atoms with Gasteiger partial charge in [0, 0.05) is 6.54 Å². The van der Waals surface area contributed by atoms with Crippen LogP contribution in [0.25, 0.3) is 0 Å². The molecule has 3 N–H and O–H groups in total. The number of nitrogens with one attached hydrogen (secondary N) is 2. The highest BCUT2D eigenvalue weighted by atomic mass is 16.4. The topological polar surface area (TPSA) is 78.4 Å². The first-order chi connectivity index (χ1) is 7.16. The van der Waals surface area contributed by atoms with E-state index in [0.29, 0.717) is 6.54 Å². The van der Waals surface area contributed by atoms with Crippen LogP contribution in [0.4, 0.5) is 4.79 Å². The minimum atomic E-state index is -0.964. The van der Waals surface area contributed by atoms with E-state index in [0.717, 1.165) is 5.56 Å². The maximum absolute atomic E-state index is 10.9. The Morgan fingerprint density at radius 2 is 2.27 bits per heavy atom. The molecule has 2 amide bonds. The maximum Gasteiger partial charge on any atom is 0.335 e. The van der Waals surface area contributed by atoms with Crippen LogP contribution < -0.4 is 10.6 Å². The van der Waals surface area contributed by atoms with Crippen molar-refractivity contribution in [1.82, 2.24) is 10.6 Å². The summed E-state index contributed by atoms with van der Waals surface area (Å²) in [7, 11) is 0. The fourth-order valence-electron chi connectivity index (χ4n) is 1.54. The molecule has 0 aromatic heterocycles. The number of carbonyl (C=O) groups is 2. The number of carboxylic acids is 1. The van der Waals surface area contributed by atoms with Crippen LogP contribution >= 0.6 is 0 Å². The Labute approximate surface area is 86.1 Å². The lowest BCUT2D eigenvalue weighted by molar-refractivity contribution is 0.0696. The molecule has 0 saturated carbocycles. The largest absolute Gasteiger partial charge is 0.478 e. The molecule has 5 nitrogen and oxygen atoms in total. The van der Waals surface area contributed by atoms with Crippen molar-refractivity contribution in [2.75, 3.05) is 6.54 Å². The lowest BCUT2D eigenvalue weighted by atomic mass is 10.0. The predicted octanol–water partition coefficient (Wildman–Crippen LogP) is 0.739. The number of rotatable bonds is 2. The molecule has 1 aromatic carbocycles. The molecule has 1 saturated heterocycles. The predicted molar refractivity (Wildman–Crippen MR) is 52.7 cm³/mol. The van der Waals surface area contributed by atoms with Gasteiger partial charge in [-0.1, -0.05) is 12.1 Å². The molecule has 0 spiro atoms. The molecular formula is C10H10N2O3. The molecule has 1 atom stereocenters. The highest BCUT2D eigenvalue weighted by Gasteiger charge is 2.21. The van der Waals surface area contributed by atoms with Crippen molar-refractivity contribution in [3.05, 3.63) is 35.4 Å². The zero-order valence-electron chi connectivity index (χ0n) is 7.86. The highest BCUT2D eigenvalue weighted by Crippen LogP contribution is 2.16. The van der Waals surface area contributed by atoms with Crippen molar-refractivity contribution in [3.63, 3.8) is 0 Å². The summed E-state index contributed by atoms with van der Waals surface area (Å²) in [6.07, 6.45) is 0. The molecule has 1 unspecified atom stereocenters. The summed E-state index contributed by atoms with van der Waals surface area (Å²) in [6.45, 7) is 0.488. The molecule has 2 rings (SSSR count). The Morgan fingerprint density at radius 1 is 1.47 bits per heavy atom. The van der Waals surface area contributed by atoms with Gasteiger partial charge in [-0.15, -0.1) is 0 Å². The quantitative estimate of drug-likeness (QED) is 0.667. The SMILES string of the molecule is O=C1NCC(c2cccc(C(=O)O)c2)N1. The third kappa shape index (κ3) is 1.90. The Hall–Kier alpha value is -2.04. The zero-order chi connectivity index (χ0) is 10.8. The van der Waals surface area contributed by atoms with Crippen LogP contribution in [0, 0.1) is 0 Å². The summed E-state index contributed by atoms with van der Waals surface area (Å²) >= 11 is 0. The molecule has 78 valence electrons. The minimum Gasteiger partial charge on any atom is -0.478 e. The number of carboxylic acid groups (broad SMARTS) is 1. The third-order valence-corrected chi connectivity index (χ3v) is 2.31. The van der Waals surface area contributed by atoms with Gasteiger partial charge >= 0.3 is 12.0 Å². The lowest BCUT2D eigenvalue weighted by Gasteiger charge is -2.09. The molecule has 1 fully saturated rings. The standard InChI is InChI=1S/C10H10N2O3/c13-9(14)7-3-1-2-6(4-7)8-5-11-10(15)12-8/h1-4,8H,5H2,(H,13,14)(H2,11,12,15). The fourth-order valence-corrected chi connectivity index (χ4v) is 1.54. The van der Waals surface area contributed by atoms with Crippen molar-refractivity contribution >= 4 is 12.0 Å². The van der Waals surface area contributed by atoms with Crippen molar-refractivity contribution in [1.29, 1.82) is 0 Å². The molecule has 1 aliphatic heterocycles. The van der Waals surface area contributed by atoms with Crippen LogP contribution in [0.15, 0.2) is 24.3 Å². The number of hydrogen-bond acceptors (Lipinski definition) is 2. The molecule has 1 aromatic rings. The molecular weight excluding hydrogens is 196 g/mol. The van der Waals surface area contributed by atoms with Gasteiger partial charge in [0.1, 0.15) is 0 Å². The van der Waals surface area contributed by atoms with E-state index in [1.54, 1.807) is 18.2 Å². The van der Waals surface area contributed by atoms with Crippen LogP contribution in [0.1, 0.15) is 22.0 Å². The monoisotopic (exact) mass is 206 g/mol. The van der Waals surface area contributed by atoms with Crippen LogP contribution in [0.5, 0.6) is 0 Å². The van der Waals surface area contributed by atoms with Gasteiger partial charge in [0.2, 0.25) is 0 Å². The Bertz CT molecular complexity index is 417. The summed E-state index contributed by atoms with van der Waals surface area (Å²) < 4.78 is 0. The molecule has 5 heteroatoms. The highest BCUT2D eigenvalue weighted by molar-refractivity contribution is 5.87. The number of aromatic carboxylic acids is 1. The second-order valence-electron chi connectivity index (χ2n) is 3.34. The van der Waals surface area contributed by atoms with Crippen LogP contribution in [0.3, 0.4) is 0 Å². The second-order valence-corrected chi connectivity index (χ2v) is 3.34. The number of urea groups is 1. The van der Waals surface area contributed by atoms with Gasteiger partial charge in [-0.3, -0.25) is 0 Å². The summed E-state index contributed by atoms with van der Waals surface area (Å²) in [5.41, 5.74) is 1.03. The van der Waals surface area contributed by atoms with E-state index >= 15 is 0 Å². The number of hydrogen-bond donors (Lipinski definition) is 3. The van der Waals surface area contributed by atoms with Crippen LogP contribution in [0.2, 0.25) is 0 Å². The normalized spacial score (nSPS) is 19.5. The molecule has 1 aliphatic rings. The van der Waals surface area contributed by atoms with E-state index in [1.807, 2.05) is 0 Å². The van der Waals surface area contributed by atoms with E-state index in [-0.39, 0.29) is 17.6 Å². The van der Waals surface area contributed by atoms with Crippen molar-refractivity contribution in [3.8, 4) is 0 Å². The van der Waals surface area contributed by atoms with Gasteiger partial charge in [0.15, 0.2) is 0 Å². The van der Waals surface area contributed by atoms with Gasteiger partial charge in [0.25, 0.3) is 0 Å². The Balaban J connectivity index is 2.25. The van der Waals surface area contributed by atoms with Gasteiger partial charge in [-0.2, -0.15) is 0 Å². The average Bonchev–Trinajstić information content (AvgIpc) is 2.65. The van der Waals surface area contributed by atoms with Crippen LogP contribution in [-0.4, -0.2) is 23.7 Å². The first-order valence-electron chi connectivity index (χ1n) is 4.54. The fraction of sp³-hybridized carbons (Fsp3) is 0.200. The van der Waals surface area contributed by atoms with E-state index < -0.39 is 5.97 Å². The molecule has 0 aliphatic carbocycles. The third-order valence-electron chi connectivity index (χ3n) is 2.31. The summed E-state index contributed by atoms with van der Waals surface area (Å²) in [5, 5.41) is 14.1. The van der Waals surface area contributed by atoms with E-state index in [1.165, 1.54) is 6.07 Å². The van der Waals surface area contributed by atoms with Gasteiger partial charge in [-0.25, -0.2) is 9.59 Å². The molecule has 0 radical (unpaired) electrons. The summed E-state index contributed by atoms with van der Waals surface area (Å²) in [4.78, 5) is 21.6. The van der Waals surface area contributed by atoms with Crippen molar-refractivity contribution in [2.24, 2.45) is 0 Å².